The maximum absolute atomic E-state index is 10.9. The van der Waals surface area contributed by atoms with E-state index < -0.39 is 4.92 Å². The summed E-state index contributed by atoms with van der Waals surface area (Å²) in [6, 6.07) is 13.7. The van der Waals surface area contributed by atoms with Crippen molar-refractivity contribution in [3.63, 3.8) is 0 Å². The van der Waals surface area contributed by atoms with Crippen molar-refractivity contribution in [1.82, 2.24) is 14.9 Å². The van der Waals surface area contributed by atoms with Crippen LogP contribution in [0.5, 0.6) is 0 Å². The highest BCUT2D eigenvalue weighted by Crippen LogP contribution is 2.24. The number of thioether (sulfide) groups is 1. The van der Waals surface area contributed by atoms with Crippen molar-refractivity contribution in [2.24, 2.45) is 5.10 Å². The molecule has 0 amide bonds. The molecule has 0 N–H and O–H groups in total. The van der Waals surface area contributed by atoms with Crippen LogP contribution in [0, 0.1) is 10.1 Å². The van der Waals surface area contributed by atoms with Crippen LogP contribution in [-0.2, 0) is 0 Å². The van der Waals surface area contributed by atoms with Crippen molar-refractivity contribution in [2.45, 2.75) is 5.16 Å². The summed E-state index contributed by atoms with van der Waals surface area (Å²) in [7, 11) is 0. The summed E-state index contributed by atoms with van der Waals surface area (Å²) in [4.78, 5) is 10.4. The van der Waals surface area contributed by atoms with E-state index in [1.807, 2.05) is 36.6 Å². The number of non-ortho nitro benzene ring substituents is 1. The lowest BCUT2D eigenvalue weighted by molar-refractivity contribution is -0.384. The molecular weight excluding hydrogens is 362 g/mol. The van der Waals surface area contributed by atoms with E-state index in [0.717, 1.165) is 5.56 Å². The molecule has 0 bridgehead atoms. The Kier molecular flexibility index (Phi) is 5.11. The van der Waals surface area contributed by atoms with E-state index >= 15 is 0 Å². The lowest BCUT2D eigenvalue weighted by atomic mass is 10.2. The van der Waals surface area contributed by atoms with Crippen LogP contribution in [0.1, 0.15) is 5.56 Å². The minimum Gasteiger partial charge on any atom is -0.258 e. The van der Waals surface area contributed by atoms with Gasteiger partial charge in [-0.25, -0.2) is 0 Å². The summed E-state index contributed by atoms with van der Waals surface area (Å²) in [6.07, 6.45) is 3.33. The second-order valence-corrected chi connectivity index (χ2v) is 6.08. The first-order valence-electron chi connectivity index (χ1n) is 7.13. The molecule has 0 radical (unpaired) electrons. The number of nitrogens with zero attached hydrogens (tertiary/aromatic N) is 5. The van der Waals surface area contributed by atoms with Gasteiger partial charge in [-0.05, 0) is 12.3 Å². The highest BCUT2D eigenvalue weighted by atomic mass is 35.5. The largest absolute Gasteiger partial charge is 0.270 e. The lowest BCUT2D eigenvalue weighted by Crippen LogP contribution is -1.97. The third-order valence-electron chi connectivity index (χ3n) is 3.33. The van der Waals surface area contributed by atoms with Gasteiger partial charge in [0.15, 0.2) is 5.82 Å². The predicted molar refractivity (Wildman–Crippen MR) is 98.3 cm³/mol. The number of hydrogen-bond donors (Lipinski definition) is 0. The Morgan fingerprint density at radius 2 is 2.00 bits per heavy atom. The molecule has 1 aromatic heterocycles. The van der Waals surface area contributed by atoms with Gasteiger partial charge in [-0.3, -0.25) is 10.1 Å². The van der Waals surface area contributed by atoms with Crippen LogP contribution in [0.3, 0.4) is 0 Å². The monoisotopic (exact) mass is 373 g/mol. The standard InChI is InChI=1S/C16H12ClN5O2S/c1-25-16-20-19-15(11-5-3-2-4-6-11)21(16)18-10-12-9-13(22(23)24)7-8-14(12)17/h2-10H,1H3/b18-10-. The van der Waals surface area contributed by atoms with E-state index in [2.05, 4.69) is 15.3 Å². The van der Waals surface area contributed by atoms with Gasteiger partial charge in [0.25, 0.3) is 5.69 Å². The summed E-state index contributed by atoms with van der Waals surface area (Å²) >= 11 is 7.50. The van der Waals surface area contributed by atoms with Crippen LogP contribution in [0.2, 0.25) is 5.02 Å². The minimum atomic E-state index is -0.477. The van der Waals surface area contributed by atoms with E-state index in [0.29, 0.717) is 21.6 Å². The summed E-state index contributed by atoms with van der Waals surface area (Å²) in [5, 5.41) is 24.6. The van der Waals surface area contributed by atoms with Gasteiger partial charge in [0.2, 0.25) is 5.16 Å². The first-order chi connectivity index (χ1) is 12.1. The van der Waals surface area contributed by atoms with Gasteiger partial charge in [-0.15, -0.1) is 10.2 Å². The number of halogens is 1. The number of benzene rings is 2. The fourth-order valence-corrected chi connectivity index (χ4v) is 2.72. The van der Waals surface area contributed by atoms with Crippen LogP contribution in [0.15, 0.2) is 58.8 Å². The molecule has 0 aliphatic carbocycles. The van der Waals surface area contributed by atoms with E-state index in [-0.39, 0.29) is 5.69 Å². The molecular formula is C16H12ClN5O2S. The molecule has 0 atom stereocenters. The smallest absolute Gasteiger partial charge is 0.258 e. The molecule has 0 fully saturated rings. The second-order valence-electron chi connectivity index (χ2n) is 4.90. The maximum Gasteiger partial charge on any atom is 0.270 e. The predicted octanol–water partition coefficient (Wildman–Crippen LogP) is 4.11. The zero-order chi connectivity index (χ0) is 17.8. The highest BCUT2D eigenvalue weighted by Gasteiger charge is 2.13. The van der Waals surface area contributed by atoms with Gasteiger partial charge in [0.05, 0.1) is 11.1 Å². The Balaban J connectivity index is 2.03. The number of aromatic nitrogens is 3. The summed E-state index contributed by atoms with van der Waals surface area (Å²) < 4.78 is 1.58. The summed E-state index contributed by atoms with van der Waals surface area (Å²) in [6.45, 7) is 0. The van der Waals surface area contributed by atoms with Gasteiger partial charge in [0, 0.05) is 28.3 Å². The van der Waals surface area contributed by atoms with E-state index in [4.69, 9.17) is 11.6 Å². The van der Waals surface area contributed by atoms with Crippen molar-refractivity contribution >= 4 is 35.3 Å². The molecule has 0 saturated carbocycles. The molecule has 9 heteroatoms. The lowest BCUT2D eigenvalue weighted by Gasteiger charge is -2.03. The fourth-order valence-electron chi connectivity index (χ4n) is 2.13. The first kappa shape index (κ1) is 17.1. The van der Waals surface area contributed by atoms with Crippen LogP contribution in [-0.4, -0.2) is 32.3 Å². The molecule has 25 heavy (non-hydrogen) atoms. The van der Waals surface area contributed by atoms with Crippen molar-refractivity contribution < 1.29 is 4.92 Å². The van der Waals surface area contributed by atoms with Gasteiger partial charge in [-0.1, -0.05) is 53.7 Å². The third kappa shape index (κ3) is 3.70. The molecule has 3 rings (SSSR count). The molecule has 7 nitrogen and oxygen atoms in total. The van der Waals surface area contributed by atoms with E-state index in [9.17, 15) is 10.1 Å². The zero-order valence-corrected chi connectivity index (χ0v) is 14.6. The number of hydrogen-bond acceptors (Lipinski definition) is 6. The second kappa shape index (κ2) is 7.45. The molecule has 1 heterocycles. The molecule has 0 aliphatic rings. The number of rotatable bonds is 5. The van der Waals surface area contributed by atoms with Gasteiger partial charge in [0.1, 0.15) is 0 Å². The molecule has 0 saturated heterocycles. The molecule has 2 aromatic carbocycles. The van der Waals surface area contributed by atoms with Crippen molar-refractivity contribution in [3.8, 4) is 11.4 Å². The zero-order valence-electron chi connectivity index (χ0n) is 13.0. The topological polar surface area (TPSA) is 86.2 Å². The fraction of sp³-hybridized carbons (Fsp3) is 0.0625. The van der Waals surface area contributed by atoms with Crippen LogP contribution in [0.25, 0.3) is 11.4 Å². The normalized spacial score (nSPS) is 11.1. The average molecular weight is 374 g/mol. The van der Waals surface area contributed by atoms with Gasteiger partial charge >= 0.3 is 0 Å². The minimum absolute atomic E-state index is 0.0528. The van der Waals surface area contributed by atoms with Crippen molar-refractivity contribution in [3.05, 3.63) is 69.2 Å². The van der Waals surface area contributed by atoms with Gasteiger partial charge < -0.3 is 0 Å². The van der Waals surface area contributed by atoms with Crippen LogP contribution >= 0.6 is 23.4 Å². The number of nitro benzene ring substituents is 1. The quantitative estimate of drug-likeness (QED) is 0.291. The van der Waals surface area contributed by atoms with Crippen LogP contribution < -0.4 is 0 Å². The SMILES string of the molecule is CSc1nnc(-c2ccccc2)n1/N=C\c1cc([N+](=O)[O-])ccc1Cl. The Hall–Kier alpha value is -2.71. The van der Waals surface area contributed by atoms with E-state index in [1.54, 1.807) is 4.68 Å². The highest BCUT2D eigenvalue weighted by molar-refractivity contribution is 7.98. The third-order valence-corrected chi connectivity index (χ3v) is 4.29. The van der Waals surface area contributed by atoms with Crippen molar-refractivity contribution in [2.75, 3.05) is 6.26 Å². The summed E-state index contributed by atoms with van der Waals surface area (Å²) in [5.41, 5.74) is 1.25. The van der Waals surface area contributed by atoms with E-state index in [1.165, 1.54) is 36.2 Å². The molecule has 126 valence electrons. The molecule has 0 aliphatic heterocycles. The molecule has 3 aromatic rings. The maximum atomic E-state index is 10.9. The Morgan fingerprint density at radius 1 is 1.24 bits per heavy atom. The average Bonchev–Trinajstić information content (AvgIpc) is 3.04. The Labute approximate surface area is 152 Å². The molecule has 0 spiro atoms. The van der Waals surface area contributed by atoms with Crippen LogP contribution in [0.4, 0.5) is 5.69 Å². The summed E-state index contributed by atoms with van der Waals surface area (Å²) in [5.74, 6) is 0.572. The Morgan fingerprint density at radius 3 is 2.68 bits per heavy atom. The first-order valence-corrected chi connectivity index (χ1v) is 8.73. The Bertz CT molecular complexity index is 943. The molecule has 0 unspecified atom stereocenters. The number of nitro groups is 1. The van der Waals surface area contributed by atoms with Crippen molar-refractivity contribution in [1.29, 1.82) is 0 Å². The van der Waals surface area contributed by atoms with Gasteiger partial charge in [-0.2, -0.15) is 9.78 Å².